The van der Waals surface area contributed by atoms with Crippen molar-refractivity contribution < 1.29 is 14.3 Å². The zero-order valence-corrected chi connectivity index (χ0v) is 12.7. The zero-order valence-electron chi connectivity index (χ0n) is 11.9. The van der Waals surface area contributed by atoms with Crippen molar-refractivity contribution in [1.29, 1.82) is 0 Å². The van der Waals surface area contributed by atoms with Crippen molar-refractivity contribution in [2.45, 2.75) is 31.7 Å². The lowest BCUT2D eigenvalue weighted by molar-refractivity contribution is 0.104. The Morgan fingerprint density at radius 3 is 3.05 bits per heavy atom. The van der Waals surface area contributed by atoms with Crippen molar-refractivity contribution in [3.63, 3.8) is 0 Å². The first-order chi connectivity index (χ1) is 10.6. The number of nitrogens with zero attached hydrogens (tertiary/aromatic N) is 3. The lowest BCUT2D eigenvalue weighted by Crippen LogP contribution is -2.44. The summed E-state index contributed by atoms with van der Waals surface area (Å²) < 4.78 is 5.66. The number of hydrogen-bond acceptors (Lipinski definition) is 4. The van der Waals surface area contributed by atoms with Gasteiger partial charge < -0.3 is 14.4 Å². The minimum absolute atomic E-state index is 0.0982. The van der Waals surface area contributed by atoms with Gasteiger partial charge in [-0.15, -0.1) is 10.2 Å². The molecule has 22 heavy (non-hydrogen) atoms. The van der Waals surface area contributed by atoms with Crippen LogP contribution in [-0.4, -0.2) is 38.9 Å². The minimum atomic E-state index is -0.890. The van der Waals surface area contributed by atoms with Crippen molar-refractivity contribution in [3.8, 4) is 11.5 Å². The molecule has 7 heteroatoms. The van der Waals surface area contributed by atoms with Crippen LogP contribution in [0.15, 0.2) is 28.7 Å². The fourth-order valence-corrected chi connectivity index (χ4v) is 2.93. The van der Waals surface area contributed by atoms with Gasteiger partial charge in [0, 0.05) is 29.6 Å². The molecule has 1 fully saturated rings. The van der Waals surface area contributed by atoms with E-state index in [0.29, 0.717) is 29.8 Å². The molecular weight excluding hydrogens is 306 g/mol. The maximum Gasteiger partial charge on any atom is 0.407 e. The predicted octanol–water partition coefficient (Wildman–Crippen LogP) is 3.47. The highest BCUT2D eigenvalue weighted by Crippen LogP contribution is 2.24. The van der Waals surface area contributed by atoms with Crippen molar-refractivity contribution in [2.24, 2.45) is 0 Å². The van der Waals surface area contributed by atoms with Crippen LogP contribution in [0.25, 0.3) is 11.5 Å². The molecule has 0 radical (unpaired) electrons. The number of carboxylic acid groups (broad SMARTS) is 1. The Labute approximate surface area is 132 Å². The molecule has 0 bridgehead atoms. The highest BCUT2D eigenvalue weighted by Gasteiger charge is 2.28. The van der Waals surface area contributed by atoms with E-state index < -0.39 is 6.09 Å². The summed E-state index contributed by atoms with van der Waals surface area (Å²) in [6.45, 7) is 0.565. The monoisotopic (exact) mass is 321 g/mol. The van der Waals surface area contributed by atoms with Gasteiger partial charge in [-0.2, -0.15) is 0 Å². The Morgan fingerprint density at radius 2 is 2.27 bits per heavy atom. The summed E-state index contributed by atoms with van der Waals surface area (Å²) in [5.41, 5.74) is 0.755. The number of amides is 1. The Bertz CT molecular complexity index is 674. The fraction of sp³-hybridized carbons (Fsp3) is 0.400. The van der Waals surface area contributed by atoms with Gasteiger partial charge in [0.25, 0.3) is 0 Å². The number of likely N-dealkylation sites (tertiary alicyclic amines) is 1. The molecule has 1 aromatic heterocycles. The first-order valence-corrected chi connectivity index (χ1v) is 7.59. The van der Waals surface area contributed by atoms with Gasteiger partial charge in [-0.3, -0.25) is 0 Å². The van der Waals surface area contributed by atoms with Crippen LogP contribution in [0.2, 0.25) is 5.02 Å². The fourth-order valence-electron chi connectivity index (χ4n) is 2.74. The number of aromatic nitrogens is 2. The number of hydrogen-bond donors (Lipinski definition) is 1. The number of carbonyl (C=O) groups is 1. The number of halogens is 1. The Balaban J connectivity index is 1.75. The summed E-state index contributed by atoms with van der Waals surface area (Å²) in [4.78, 5) is 12.7. The van der Waals surface area contributed by atoms with Crippen molar-refractivity contribution >= 4 is 17.7 Å². The summed E-state index contributed by atoms with van der Waals surface area (Å²) in [5.74, 6) is 0.850. The molecule has 1 saturated heterocycles. The molecule has 2 heterocycles. The van der Waals surface area contributed by atoms with Crippen LogP contribution in [0.4, 0.5) is 4.79 Å². The summed E-state index contributed by atoms with van der Waals surface area (Å²) >= 11 is 5.95. The van der Waals surface area contributed by atoms with Gasteiger partial charge >= 0.3 is 6.09 Å². The summed E-state index contributed by atoms with van der Waals surface area (Å²) in [6.07, 6.45) is 2.30. The SMILES string of the molecule is O=C(O)N1CCCCC1Cc1nnc(-c2cccc(Cl)c2)o1. The van der Waals surface area contributed by atoms with E-state index in [1.165, 1.54) is 4.90 Å². The molecule has 116 valence electrons. The average Bonchev–Trinajstić information content (AvgIpc) is 2.96. The number of rotatable bonds is 3. The third kappa shape index (κ3) is 3.22. The van der Waals surface area contributed by atoms with Crippen LogP contribution in [0.5, 0.6) is 0 Å². The van der Waals surface area contributed by atoms with Gasteiger partial charge in [0.05, 0.1) is 0 Å². The van der Waals surface area contributed by atoms with Gasteiger partial charge in [0.2, 0.25) is 11.8 Å². The van der Waals surface area contributed by atoms with Crippen LogP contribution >= 0.6 is 11.6 Å². The summed E-state index contributed by atoms with van der Waals surface area (Å²) in [7, 11) is 0. The molecule has 2 aromatic rings. The first-order valence-electron chi connectivity index (χ1n) is 7.21. The molecule has 0 saturated carbocycles. The average molecular weight is 322 g/mol. The van der Waals surface area contributed by atoms with Crippen LogP contribution in [0.1, 0.15) is 25.2 Å². The summed E-state index contributed by atoms with van der Waals surface area (Å²) in [5, 5.41) is 17.9. The minimum Gasteiger partial charge on any atom is -0.465 e. The molecule has 1 amide bonds. The molecular formula is C15H16ClN3O3. The van der Waals surface area contributed by atoms with E-state index in [0.717, 1.165) is 24.8 Å². The molecule has 1 unspecified atom stereocenters. The molecule has 1 aliphatic heterocycles. The first kappa shape index (κ1) is 14.8. The van der Waals surface area contributed by atoms with Crippen LogP contribution in [0.3, 0.4) is 0 Å². The molecule has 6 nitrogen and oxygen atoms in total. The summed E-state index contributed by atoms with van der Waals surface area (Å²) in [6, 6.07) is 7.08. The third-order valence-electron chi connectivity index (χ3n) is 3.82. The lowest BCUT2D eigenvalue weighted by atomic mass is 10.00. The van der Waals surface area contributed by atoms with Crippen LogP contribution < -0.4 is 0 Å². The molecule has 0 spiro atoms. The van der Waals surface area contributed by atoms with E-state index in [1.807, 2.05) is 12.1 Å². The van der Waals surface area contributed by atoms with E-state index in [-0.39, 0.29) is 6.04 Å². The predicted molar refractivity (Wildman–Crippen MR) is 80.8 cm³/mol. The molecule has 1 aliphatic rings. The largest absolute Gasteiger partial charge is 0.465 e. The number of piperidine rings is 1. The van der Waals surface area contributed by atoms with Crippen molar-refractivity contribution in [2.75, 3.05) is 6.54 Å². The maximum atomic E-state index is 11.3. The Hall–Kier alpha value is -2.08. The van der Waals surface area contributed by atoms with Crippen LogP contribution in [0, 0.1) is 0 Å². The highest BCUT2D eigenvalue weighted by atomic mass is 35.5. The normalized spacial score (nSPS) is 18.4. The Kier molecular flexibility index (Phi) is 4.29. The zero-order chi connectivity index (χ0) is 15.5. The molecule has 1 atom stereocenters. The van der Waals surface area contributed by atoms with Gasteiger partial charge in [0.15, 0.2) is 0 Å². The second-order valence-electron chi connectivity index (χ2n) is 5.34. The van der Waals surface area contributed by atoms with E-state index in [1.54, 1.807) is 12.1 Å². The maximum absolute atomic E-state index is 11.3. The second-order valence-corrected chi connectivity index (χ2v) is 5.78. The molecule has 0 aliphatic carbocycles. The van der Waals surface area contributed by atoms with Crippen LogP contribution in [-0.2, 0) is 6.42 Å². The quantitative estimate of drug-likeness (QED) is 0.936. The van der Waals surface area contributed by atoms with Gasteiger partial charge in [-0.25, -0.2) is 4.79 Å². The lowest BCUT2D eigenvalue weighted by Gasteiger charge is -2.32. The van der Waals surface area contributed by atoms with E-state index >= 15 is 0 Å². The van der Waals surface area contributed by atoms with Gasteiger partial charge in [-0.1, -0.05) is 17.7 Å². The molecule has 1 aromatic carbocycles. The van der Waals surface area contributed by atoms with E-state index in [2.05, 4.69) is 10.2 Å². The topological polar surface area (TPSA) is 79.5 Å². The molecule has 1 N–H and O–H groups in total. The standard InChI is InChI=1S/C15H16ClN3O3/c16-11-5-3-4-10(8-11)14-18-17-13(22-14)9-12-6-1-2-7-19(12)15(20)21/h3-5,8,12H,1-2,6-7,9H2,(H,20,21). The van der Waals surface area contributed by atoms with E-state index in [9.17, 15) is 9.90 Å². The smallest absolute Gasteiger partial charge is 0.407 e. The molecule has 3 rings (SSSR count). The van der Waals surface area contributed by atoms with Gasteiger partial charge in [-0.05, 0) is 37.5 Å². The van der Waals surface area contributed by atoms with Crippen molar-refractivity contribution in [1.82, 2.24) is 15.1 Å². The third-order valence-corrected chi connectivity index (χ3v) is 4.06. The highest BCUT2D eigenvalue weighted by molar-refractivity contribution is 6.30. The number of benzene rings is 1. The van der Waals surface area contributed by atoms with Crippen molar-refractivity contribution in [3.05, 3.63) is 35.2 Å². The second kappa shape index (κ2) is 6.36. The van der Waals surface area contributed by atoms with Gasteiger partial charge in [0.1, 0.15) is 0 Å². The van der Waals surface area contributed by atoms with E-state index in [4.69, 9.17) is 16.0 Å². The Morgan fingerprint density at radius 1 is 1.41 bits per heavy atom.